The van der Waals surface area contributed by atoms with Crippen molar-refractivity contribution in [2.75, 3.05) is 33.9 Å². The minimum Gasteiger partial charge on any atom is -0.390 e. The molecule has 2 N–H and O–H groups in total. The van der Waals surface area contributed by atoms with Gasteiger partial charge in [-0.05, 0) is 118 Å². The predicted octanol–water partition coefficient (Wildman–Crippen LogP) is 5.26. The number of hydrogen-bond acceptors (Lipinski definition) is 7. The Balaban J connectivity index is 1.15. The molecule has 7 heteroatoms. The fraction of sp³-hybridized carbons (Fsp3) is 1.00. The molecule has 0 amide bonds. The summed E-state index contributed by atoms with van der Waals surface area (Å²) in [5.41, 5.74) is -0.356. The molecule has 5 saturated carbocycles. The van der Waals surface area contributed by atoms with Crippen LogP contribution in [0.3, 0.4) is 0 Å². The number of fused-ring (bicyclic) bond motifs is 4. The van der Waals surface area contributed by atoms with Gasteiger partial charge in [0.05, 0.1) is 36.6 Å². The molecule has 5 aliphatic carbocycles. The van der Waals surface area contributed by atoms with E-state index >= 15 is 0 Å². The van der Waals surface area contributed by atoms with Crippen LogP contribution in [0.25, 0.3) is 0 Å². The maximum atomic E-state index is 12.5. The summed E-state index contributed by atoms with van der Waals surface area (Å²) >= 11 is 0. The number of nitrogens with zero attached hydrogens (tertiary/aromatic N) is 1. The molecule has 7 aliphatic rings. The van der Waals surface area contributed by atoms with Crippen molar-refractivity contribution in [1.29, 1.82) is 0 Å². The highest BCUT2D eigenvalue weighted by Crippen LogP contribution is 2.89. The fourth-order valence-corrected chi connectivity index (χ4v) is 13.6. The van der Waals surface area contributed by atoms with Crippen molar-refractivity contribution in [1.82, 2.24) is 4.90 Å². The van der Waals surface area contributed by atoms with Gasteiger partial charge in [-0.3, -0.25) is 4.90 Å². The van der Waals surface area contributed by atoms with E-state index in [2.05, 4.69) is 46.6 Å². The molecule has 246 valence electrons. The third-order valence-electron chi connectivity index (χ3n) is 15.6. The molecule has 0 radical (unpaired) electrons. The summed E-state index contributed by atoms with van der Waals surface area (Å²) in [6, 6.07) is 0. The minimum absolute atomic E-state index is 0.0332. The number of morpholine rings is 1. The van der Waals surface area contributed by atoms with Crippen LogP contribution in [-0.4, -0.2) is 91.4 Å². The quantitative estimate of drug-likeness (QED) is 0.444. The molecule has 43 heavy (non-hydrogen) atoms. The van der Waals surface area contributed by atoms with E-state index in [1.165, 1.54) is 38.5 Å². The number of hydrogen-bond donors (Lipinski definition) is 2. The lowest BCUT2D eigenvalue weighted by molar-refractivity contribution is -0.247. The van der Waals surface area contributed by atoms with Gasteiger partial charge in [0.1, 0.15) is 6.10 Å². The average Bonchev–Trinajstić information content (AvgIpc) is 3.55. The molecule has 2 aliphatic heterocycles. The first-order chi connectivity index (χ1) is 20.1. The number of rotatable bonds is 5. The first kappa shape index (κ1) is 31.3. The molecule has 0 aromatic carbocycles. The predicted molar refractivity (Wildman–Crippen MR) is 165 cm³/mol. The van der Waals surface area contributed by atoms with Crippen LogP contribution < -0.4 is 0 Å². The molecule has 7 fully saturated rings. The van der Waals surface area contributed by atoms with Crippen LogP contribution in [0.5, 0.6) is 0 Å². The van der Waals surface area contributed by atoms with Crippen LogP contribution in [0.1, 0.15) is 99.8 Å². The Morgan fingerprint density at radius 2 is 1.70 bits per heavy atom. The van der Waals surface area contributed by atoms with Crippen molar-refractivity contribution in [2.24, 2.45) is 50.7 Å². The van der Waals surface area contributed by atoms with Gasteiger partial charge >= 0.3 is 0 Å². The highest BCUT2D eigenvalue weighted by molar-refractivity contribution is 5.33. The normalized spacial score (nSPS) is 54.9. The van der Waals surface area contributed by atoms with Gasteiger partial charge in [0, 0.05) is 25.6 Å². The fourth-order valence-electron chi connectivity index (χ4n) is 13.6. The van der Waals surface area contributed by atoms with Crippen LogP contribution in [0.2, 0.25) is 0 Å². The zero-order valence-corrected chi connectivity index (χ0v) is 28.5. The third-order valence-corrected chi connectivity index (χ3v) is 15.6. The number of methoxy groups -OCH3 is 1. The monoisotopic (exact) mass is 603 g/mol. The van der Waals surface area contributed by atoms with E-state index in [1.807, 2.05) is 13.8 Å². The highest BCUT2D eigenvalue weighted by Gasteiger charge is 2.84. The summed E-state index contributed by atoms with van der Waals surface area (Å²) in [6.07, 6.45) is 8.18. The number of aliphatic hydroxyl groups is 2. The summed E-state index contributed by atoms with van der Waals surface area (Å²) in [4.78, 5) is 2.32. The Morgan fingerprint density at radius 3 is 2.37 bits per heavy atom. The topological polar surface area (TPSA) is 80.6 Å². The summed E-state index contributed by atoms with van der Waals surface area (Å²) in [5, 5.41) is 23.4. The molecule has 7 rings (SSSR count). The highest BCUT2D eigenvalue weighted by atomic mass is 16.7. The van der Waals surface area contributed by atoms with E-state index in [1.54, 1.807) is 7.11 Å². The maximum absolute atomic E-state index is 12.5. The van der Waals surface area contributed by atoms with Crippen LogP contribution in [0.15, 0.2) is 0 Å². The molecule has 14 atom stereocenters. The molecule has 2 spiro atoms. The second kappa shape index (κ2) is 9.87. The van der Waals surface area contributed by atoms with Gasteiger partial charge in [0.15, 0.2) is 6.29 Å². The Hall–Kier alpha value is -0.280. The van der Waals surface area contributed by atoms with Crippen LogP contribution >= 0.6 is 0 Å². The molecule has 4 unspecified atom stereocenters. The van der Waals surface area contributed by atoms with Crippen LogP contribution in [0.4, 0.5) is 0 Å². The van der Waals surface area contributed by atoms with Crippen molar-refractivity contribution in [3.05, 3.63) is 0 Å². The second-order valence-corrected chi connectivity index (χ2v) is 18.1. The van der Waals surface area contributed by atoms with Gasteiger partial charge in [-0.25, -0.2) is 0 Å². The van der Waals surface area contributed by atoms with Gasteiger partial charge in [-0.15, -0.1) is 0 Å². The largest absolute Gasteiger partial charge is 0.390 e. The van der Waals surface area contributed by atoms with E-state index in [4.69, 9.17) is 18.9 Å². The molecule has 2 heterocycles. The zero-order chi connectivity index (χ0) is 31.0. The molecule has 0 bridgehead atoms. The standard InChI is InChI=1S/C36H61NO6/c1-21-18-22(30(40-9)32(4,5)39)42-28-27(21)33(6)14-15-36-20-35(36)13-12-25(43-26-19-37(8)16-17-41-26)31(2,3)23(35)10-11-24(36)34(33,7)29(28)38/h21-30,38-39H,10-20H2,1-9H3/t21-,22?,23+,24?,25+,26+,27+,28?,29+,30+,33-,34-,35-,36?/m1/s1. The van der Waals surface area contributed by atoms with Crippen LogP contribution in [0, 0.1) is 50.7 Å². The molecule has 0 aromatic heterocycles. The van der Waals surface area contributed by atoms with E-state index in [9.17, 15) is 10.2 Å². The number of aliphatic hydroxyl groups excluding tert-OH is 1. The van der Waals surface area contributed by atoms with Crippen molar-refractivity contribution < 1.29 is 29.2 Å². The average molecular weight is 604 g/mol. The number of likely N-dealkylation sites (N-methyl/N-ethyl adjacent to an activating group) is 1. The Morgan fingerprint density at radius 1 is 1.00 bits per heavy atom. The van der Waals surface area contributed by atoms with Gasteiger partial charge in [0.25, 0.3) is 0 Å². The van der Waals surface area contributed by atoms with Crippen molar-refractivity contribution in [2.45, 2.75) is 142 Å². The zero-order valence-electron chi connectivity index (χ0n) is 28.5. The molecular formula is C36H61NO6. The van der Waals surface area contributed by atoms with Gasteiger partial charge in [-0.2, -0.15) is 0 Å². The second-order valence-electron chi connectivity index (χ2n) is 18.1. The smallest absolute Gasteiger partial charge is 0.170 e. The minimum atomic E-state index is -1.01. The van der Waals surface area contributed by atoms with E-state index in [0.29, 0.717) is 34.5 Å². The van der Waals surface area contributed by atoms with Gasteiger partial charge < -0.3 is 29.2 Å². The SMILES string of the molecule is CO[C@@H](C1C[C@@H](C)[C@H]2C(O1)[C@H](O)[C@@]1(C)C3CC[C@H]4C(C)(C)[C@@H](O[C@H]5CN(C)CCO5)CC[C@@]45CC35CC[C@]21C)C(C)(C)O. The summed E-state index contributed by atoms with van der Waals surface area (Å²) in [7, 11) is 3.84. The van der Waals surface area contributed by atoms with Crippen molar-refractivity contribution in [3.63, 3.8) is 0 Å². The maximum Gasteiger partial charge on any atom is 0.170 e. The van der Waals surface area contributed by atoms with E-state index in [-0.39, 0.29) is 40.8 Å². The Labute approximate surface area is 260 Å². The molecule has 7 nitrogen and oxygen atoms in total. The lowest BCUT2D eigenvalue weighted by atomic mass is 9.41. The van der Waals surface area contributed by atoms with Crippen molar-refractivity contribution in [3.8, 4) is 0 Å². The third kappa shape index (κ3) is 4.04. The first-order valence-corrected chi connectivity index (χ1v) is 17.6. The van der Waals surface area contributed by atoms with E-state index in [0.717, 1.165) is 32.5 Å². The van der Waals surface area contributed by atoms with Gasteiger partial charge in [-0.1, -0.05) is 34.6 Å². The number of ether oxygens (including phenoxy) is 4. The summed E-state index contributed by atoms with van der Waals surface area (Å²) < 4.78 is 25.6. The van der Waals surface area contributed by atoms with Crippen molar-refractivity contribution >= 4 is 0 Å². The first-order valence-electron chi connectivity index (χ1n) is 17.6. The lowest BCUT2D eigenvalue weighted by Gasteiger charge is -2.64. The Kier molecular flexibility index (Phi) is 7.19. The Bertz CT molecular complexity index is 1090. The summed E-state index contributed by atoms with van der Waals surface area (Å²) in [5.74, 6) is 1.89. The molecule has 2 saturated heterocycles. The van der Waals surface area contributed by atoms with E-state index < -0.39 is 17.8 Å². The van der Waals surface area contributed by atoms with Crippen LogP contribution in [-0.2, 0) is 18.9 Å². The lowest BCUT2D eigenvalue weighted by Crippen LogP contribution is -2.60. The molecule has 0 aromatic rings. The summed E-state index contributed by atoms with van der Waals surface area (Å²) in [6.45, 7) is 18.5. The molecular weight excluding hydrogens is 542 g/mol. The van der Waals surface area contributed by atoms with Gasteiger partial charge in [0.2, 0.25) is 0 Å².